The summed E-state index contributed by atoms with van der Waals surface area (Å²) in [6.45, 7) is 0. The quantitative estimate of drug-likeness (QED) is 0.879. The molecule has 0 radical (unpaired) electrons. The molecule has 2 aliphatic rings. The number of piperidine rings is 1. The molecule has 1 nitrogen and oxygen atoms in total. The zero-order valence-corrected chi connectivity index (χ0v) is 11.3. The highest BCUT2D eigenvalue weighted by atomic mass is 79.9. The lowest BCUT2D eigenvalue weighted by atomic mass is 9.84. The van der Waals surface area contributed by atoms with E-state index in [1.54, 1.807) is 0 Å². The second kappa shape index (κ2) is 4.36. The minimum absolute atomic E-state index is 0.408. The lowest BCUT2D eigenvalue weighted by Crippen LogP contribution is -2.47. The van der Waals surface area contributed by atoms with Gasteiger partial charge in [0.05, 0.1) is 0 Å². The Morgan fingerprint density at radius 2 is 2.00 bits per heavy atom. The van der Waals surface area contributed by atoms with E-state index in [2.05, 4.69) is 21.2 Å². The summed E-state index contributed by atoms with van der Waals surface area (Å²) in [5.41, 5.74) is 0.0981. The predicted octanol–water partition coefficient (Wildman–Crippen LogP) is 3.61. The number of nitrogens with one attached hydrogen (secondary N) is 1. The fourth-order valence-corrected chi connectivity index (χ4v) is 3.79. The molecule has 1 N–H and O–H groups in total. The van der Waals surface area contributed by atoms with Crippen LogP contribution in [0.15, 0.2) is 28.7 Å². The summed E-state index contributed by atoms with van der Waals surface area (Å²) in [4.78, 5) is 0. The highest BCUT2D eigenvalue weighted by Gasteiger charge is 2.43. The molecule has 2 bridgehead atoms. The highest BCUT2D eigenvalue weighted by molar-refractivity contribution is 9.10. The minimum atomic E-state index is -1.00. The Hall–Kier alpha value is -0.410. The molecule has 17 heavy (non-hydrogen) atoms. The topological polar surface area (TPSA) is 12.0 Å². The van der Waals surface area contributed by atoms with Gasteiger partial charge in [-0.15, -0.1) is 0 Å². The number of fused-ring (bicyclic) bond motifs is 2. The zero-order chi connectivity index (χ0) is 11.9. The monoisotopic (exact) mass is 297 g/mol. The second-order valence-corrected chi connectivity index (χ2v) is 6.42. The van der Waals surface area contributed by atoms with Crippen LogP contribution in [0.5, 0.6) is 0 Å². The molecular weight excluding hydrogens is 281 g/mol. The largest absolute Gasteiger partial charge is 0.311 e. The molecule has 0 aromatic heterocycles. The Morgan fingerprint density at radius 1 is 1.29 bits per heavy atom. The number of rotatable bonds is 2. The summed E-state index contributed by atoms with van der Waals surface area (Å²) in [7, 11) is 0. The molecule has 1 aromatic rings. The van der Waals surface area contributed by atoms with Gasteiger partial charge in [-0.1, -0.05) is 28.1 Å². The van der Waals surface area contributed by atoms with Crippen molar-refractivity contribution in [2.24, 2.45) is 0 Å². The lowest BCUT2D eigenvalue weighted by molar-refractivity contribution is 0.0893. The minimum Gasteiger partial charge on any atom is -0.311 e. The summed E-state index contributed by atoms with van der Waals surface area (Å²) < 4.78 is 15.9. The molecule has 3 rings (SSSR count). The van der Waals surface area contributed by atoms with E-state index in [9.17, 15) is 4.39 Å². The average Bonchev–Trinajstić information content (AvgIpc) is 2.58. The molecule has 2 saturated heterocycles. The van der Waals surface area contributed by atoms with Crippen molar-refractivity contribution in [2.75, 3.05) is 0 Å². The fraction of sp³-hybridized carbons (Fsp3) is 0.571. The number of benzene rings is 1. The lowest BCUT2D eigenvalue weighted by Gasteiger charge is -2.35. The summed E-state index contributed by atoms with van der Waals surface area (Å²) in [6, 6.07) is 8.84. The Morgan fingerprint density at radius 3 is 2.65 bits per heavy atom. The van der Waals surface area contributed by atoms with Crippen LogP contribution in [0.2, 0.25) is 0 Å². The van der Waals surface area contributed by atoms with Crippen LogP contribution in [0.4, 0.5) is 4.39 Å². The van der Waals surface area contributed by atoms with Crippen molar-refractivity contribution in [3.63, 3.8) is 0 Å². The predicted molar refractivity (Wildman–Crippen MR) is 70.9 cm³/mol. The summed E-state index contributed by atoms with van der Waals surface area (Å²) >= 11 is 3.45. The molecular formula is C14H17BrFN. The first-order valence-electron chi connectivity index (χ1n) is 6.32. The molecule has 2 aliphatic heterocycles. The summed E-state index contributed by atoms with van der Waals surface area (Å²) in [5.74, 6) is 0. The van der Waals surface area contributed by atoms with Crippen LogP contribution in [0, 0.1) is 0 Å². The normalized spacial score (nSPS) is 36.1. The third-order valence-corrected chi connectivity index (χ3v) is 4.46. The third kappa shape index (κ3) is 2.55. The van der Waals surface area contributed by atoms with Gasteiger partial charge in [0.25, 0.3) is 0 Å². The smallest absolute Gasteiger partial charge is 0.118 e. The number of halogens is 2. The summed E-state index contributed by atoms with van der Waals surface area (Å²) in [6.07, 6.45) is 4.21. The first-order valence-corrected chi connectivity index (χ1v) is 7.12. The van der Waals surface area contributed by atoms with Crippen molar-refractivity contribution >= 4 is 15.9 Å². The molecule has 92 valence electrons. The number of alkyl halides is 1. The molecule has 0 amide bonds. The second-order valence-electron chi connectivity index (χ2n) is 5.50. The van der Waals surface area contributed by atoms with E-state index in [0.717, 1.165) is 22.9 Å². The Balaban J connectivity index is 1.76. The SMILES string of the molecule is FC1(Cc2cccc(Br)c2)CC2CCC(C1)N2. The van der Waals surface area contributed by atoms with Crippen molar-refractivity contribution in [3.05, 3.63) is 34.3 Å². The first-order chi connectivity index (χ1) is 8.13. The standard InChI is InChI=1S/C14H17BrFN/c15-11-3-1-2-10(6-11)7-14(16)8-12-4-5-13(9-14)17-12/h1-3,6,12-13,17H,4-5,7-9H2. The van der Waals surface area contributed by atoms with Crippen LogP contribution < -0.4 is 5.32 Å². The van der Waals surface area contributed by atoms with Gasteiger partial charge in [-0.05, 0) is 43.4 Å². The van der Waals surface area contributed by atoms with Gasteiger partial charge in [0, 0.05) is 23.0 Å². The van der Waals surface area contributed by atoms with Gasteiger partial charge in [-0.2, -0.15) is 0 Å². The summed E-state index contributed by atoms with van der Waals surface area (Å²) in [5, 5.41) is 3.49. The Bertz CT molecular complexity index is 408. The van der Waals surface area contributed by atoms with Gasteiger partial charge in [0.2, 0.25) is 0 Å². The van der Waals surface area contributed by atoms with E-state index < -0.39 is 5.67 Å². The molecule has 0 saturated carbocycles. The molecule has 2 fully saturated rings. The Labute approximate surface area is 110 Å². The third-order valence-electron chi connectivity index (χ3n) is 3.97. The fourth-order valence-electron chi connectivity index (χ4n) is 3.35. The van der Waals surface area contributed by atoms with Gasteiger partial charge < -0.3 is 5.32 Å². The molecule has 0 spiro atoms. The average molecular weight is 298 g/mol. The van der Waals surface area contributed by atoms with Crippen molar-refractivity contribution in [2.45, 2.75) is 49.9 Å². The van der Waals surface area contributed by atoms with Crippen LogP contribution in [-0.4, -0.2) is 17.8 Å². The van der Waals surface area contributed by atoms with Gasteiger partial charge in [-0.25, -0.2) is 4.39 Å². The zero-order valence-electron chi connectivity index (χ0n) is 9.76. The molecule has 2 atom stereocenters. The van der Waals surface area contributed by atoms with E-state index in [-0.39, 0.29) is 0 Å². The molecule has 3 heteroatoms. The van der Waals surface area contributed by atoms with Gasteiger partial charge in [0.1, 0.15) is 5.67 Å². The van der Waals surface area contributed by atoms with Crippen LogP contribution >= 0.6 is 15.9 Å². The van der Waals surface area contributed by atoms with Gasteiger partial charge in [0.15, 0.2) is 0 Å². The van der Waals surface area contributed by atoms with Gasteiger partial charge in [-0.3, -0.25) is 0 Å². The molecule has 2 unspecified atom stereocenters. The number of hydrogen-bond donors (Lipinski definition) is 1. The first kappa shape index (κ1) is 11.7. The van der Waals surface area contributed by atoms with Gasteiger partial charge >= 0.3 is 0 Å². The molecule has 0 aliphatic carbocycles. The highest BCUT2D eigenvalue weighted by Crippen LogP contribution is 2.39. The molecule has 2 heterocycles. The van der Waals surface area contributed by atoms with E-state index in [1.807, 2.05) is 24.3 Å². The van der Waals surface area contributed by atoms with Crippen LogP contribution in [0.3, 0.4) is 0 Å². The maximum atomic E-state index is 14.9. The van der Waals surface area contributed by atoms with Crippen LogP contribution in [0.25, 0.3) is 0 Å². The van der Waals surface area contributed by atoms with Crippen molar-refractivity contribution in [1.29, 1.82) is 0 Å². The van der Waals surface area contributed by atoms with Crippen LogP contribution in [0.1, 0.15) is 31.2 Å². The maximum Gasteiger partial charge on any atom is 0.118 e. The van der Waals surface area contributed by atoms with Crippen molar-refractivity contribution in [1.82, 2.24) is 5.32 Å². The van der Waals surface area contributed by atoms with E-state index in [0.29, 0.717) is 31.3 Å². The van der Waals surface area contributed by atoms with E-state index >= 15 is 0 Å². The number of hydrogen-bond acceptors (Lipinski definition) is 1. The molecule has 1 aromatic carbocycles. The van der Waals surface area contributed by atoms with Crippen molar-refractivity contribution in [3.8, 4) is 0 Å². The van der Waals surface area contributed by atoms with Crippen LogP contribution in [-0.2, 0) is 6.42 Å². The van der Waals surface area contributed by atoms with E-state index in [4.69, 9.17) is 0 Å². The Kier molecular flexibility index (Phi) is 2.99. The maximum absolute atomic E-state index is 14.9. The van der Waals surface area contributed by atoms with E-state index in [1.165, 1.54) is 0 Å². The van der Waals surface area contributed by atoms with Crippen molar-refractivity contribution < 1.29 is 4.39 Å².